The van der Waals surface area contributed by atoms with E-state index in [2.05, 4.69) is 72.3 Å². The first-order valence-electron chi connectivity index (χ1n) is 30.6. The molecule has 484 valence electrons. The number of amides is 10. The van der Waals surface area contributed by atoms with E-state index >= 15 is 0 Å². The van der Waals surface area contributed by atoms with Gasteiger partial charge in [-0.25, -0.2) is 0 Å². The summed E-state index contributed by atoms with van der Waals surface area (Å²) >= 11 is 0. The SMILES string of the molecule is CCCCCCCCC1NC(=O)C(CCN)NC(=O)C(NC(=O)C(CCN)NC(=O)C(NC(=O)C(CCN)NC(=O)CCCCCCC)C(C)O)CCNC(=O)C(C(C)O)NC(=O)C(CCN)NCC(CCN)NC(=O)C(CC(C)C)NC1=O. The van der Waals surface area contributed by atoms with Crippen LogP contribution >= 0.6 is 0 Å². The van der Waals surface area contributed by atoms with Gasteiger partial charge in [0, 0.05) is 25.6 Å². The molecule has 0 radical (unpaired) electrons. The van der Waals surface area contributed by atoms with Gasteiger partial charge in [-0.2, -0.15) is 0 Å². The zero-order chi connectivity index (χ0) is 63.1. The lowest BCUT2D eigenvalue weighted by Crippen LogP contribution is -2.62. The molecule has 0 spiro atoms. The van der Waals surface area contributed by atoms with Crippen molar-refractivity contribution in [3.05, 3.63) is 0 Å². The van der Waals surface area contributed by atoms with E-state index in [1.165, 1.54) is 13.8 Å². The summed E-state index contributed by atoms with van der Waals surface area (Å²) < 4.78 is 0. The first-order chi connectivity index (χ1) is 40.0. The maximum absolute atomic E-state index is 14.5. The van der Waals surface area contributed by atoms with Crippen LogP contribution in [0.1, 0.15) is 170 Å². The Morgan fingerprint density at radius 3 is 1.61 bits per heavy atom. The van der Waals surface area contributed by atoms with Gasteiger partial charge in [0.15, 0.2) is 0 Å². The third kappa shape index (κ3) is 30.5. The zero-order valence-corrected chi connectivity index (χ0v) is 51.0. The van der Waals surface area contributed by atoms with Gasteiger partial charge >= 0.3 is 0 Å². The highest BCUT2D eigenvalue weighted by molar-refractivity contribution is 5.98. The summed E-state index contributed by atoms with van der Waals surface area (Å²) in [6, 6.07) is -12.9. The van der Waals surface area contributed by atoms with Gasteiger partial charge in [-0.3, -0.25) is 47.9 Å². The van der Waals surface area contributed by atoms with Gasteiger partial charge in [0.05, 0.1) is 18.2 Å². The summed E-state index contributed by atoms with van der Waals surface area (Å²) in [5, 5.41) is 51.1. The molecular weight excluding hydrogens is 1090 g/mol. The second kappa shape index (κ2) is 43.9. The van der Waals surface area contributed by atoms with Crippen LogP contribution in [0.15, 0.2) is 0 Å². The summed E-state index contributed by atoms with van der Waals surface area (Å²) in [5.41, 5.74) is 29.6. The second-order valence-corrected chi connectivity index (χ2v) is 22.4. The quantitative estimate of drug-likeness (QED) is 0.0278. The number of carbonyl (C=O) groups excluding carboxylic acids is 10. The summed E-state index contributed by atoms with van der Waals surface area (Å²) in [7, 11) is 0. The minimum absolute atomic E-state index is 0.00286. The fourth-order valence-electron chi connectivity index (χ4n) is 9.46. The molecule has 1 aliphatic heterocycles. The maximum Gasteiger partial charge on any atom is 0.245 e. The Labute approximate surface area is 497 Å². The average molecular weight is 1200 g/mol. The molecule has 0 aliphatic carbocycles. The number of nitrogens with two attached hydrogens (primary N) is 5. The second-order valence-electron chi connectivity index (χ2n) is 22.4. The Kier molecular flexibility index (Phi) is 39.9. The van der Waals surface area contributed by atoms with Gasteiger partial charge in [0.1, 0.15) is 48.3 Å². The van der Waals surface area contributed by atoms with Crippen molar-refractivity contribution < 1.29 is 58.2 Å². The number of hydrogen-bond donors (Lipinski definition) is 18. The molecule has 10 amide bonds. The van der Waals surface area contributed by atoms with Crippen molar-refractivity contribution in [2.75, 3.05) is 45.8 Å². The smallest absolute Gasteiger partial charge is 0.245 e. The molecule has 0 saturated carbocycles. The molecule has 1 rings (SSSR count). The van der Waals surface area contributed by atoms with Crippen molar-refractivity contribution in [3.63, 3.8) is 0 Å². The Morgan fingerprint density at radius 2 is 1.05 bits per heavy atom. The highest BCUT2D eigenvalue weighted by Crippen LogP contribution is 2.13. The van der Waals surface area contributed by atoms with Crippen LogP contribution in [0.2, 0.25) is 0 Å². The molecule has 23 N–H and O–H groups in total. The first-order valence-corrected chi connectivity index (χ1v) is 30.6. The third-order valence-electron chi connectivity index (χ3n) is 14.3. The van der Waals surface area contributed by atoms with Crippen molar-refractivity contribution >= 4 is 59.1 Å². The molecule has 12 unspecified atom stereocenters. The van der Waals surface area contributed by atoms with Crippen LogP contribution in [0.3, 0.4) is 0 Å². The van der Waals surface area contributed by atoms with Gasteiger partial charge in [-0.15, -0.1) is 0 Å². The summed E-state index contributed by atoms with van der Waals surface area (Å²) in [6.07, 6.45) is 6.60. The van der Waals surface area contributed by atoms with Crippen LogP contribution in [0.4, 0.5) is 0 Å². The molecule has 28 nitrogen and oxygen atoms in total. The lowest BCUT2D eigenvalue weighted by Gasteiger charge is -2.29. The monoisotopic (exact) mass is 1200 g/mol. The molecule has 0 aromatic carbocycles. The molecule has 1 aliphatic rings. The number of aliphatic hydroxyl groups excluding tert-OH is 2. The Hall–Kier alpha value is -5.62. The molecule has 0 aromatic heterocycles. The van der Waals surface area contributed by atoms with E-state index in [9.17, 15) is 58.2 Å². The molecular formula is C56H108N16O12. The summed E-state index contributed by atoms with van der Waals surface area (Å²) in [5.74, 6) is -7.93. The van der Waals surface area contributed by atoms with Crippen molar-refractivity contribution in [2.24, 2.45) is 34.6 Å². The Balaban J connectivity index is 3.84. The van der Waals surface area contributed by atoms with Gasteiger partial charge < -0.3 is 97.4 Å². The van der Waals surface area contributed by atoms with Crippen LogP contribution in [-0.4, -0.2) is 188 Å². The summed E-state index contributed by atoms with van der Waals surface area (Å²) in [6.45, 7) is 9.82. The number of carbonyl (C=O) groups is 10. The maximum atomic E-state index is 14.5. The lowest BCUT2D eigenvalue weighted by molar-refractivity contribution is -0.137. The Morgan fingerprint density at radius 1 is 0.536 bits per heavy atom. The minimum atomic E-state index is -1.67. The molecule has 1 saturated heterocycles. The van der Waals surface area contributed by atoms with Gasteiger partial charge in [-0.1, -0.05) is 91.9 Å². The molecule has 1 fully saturated rings. The fourth-order valence-corrected chi connectivity index (χ4v) is 9.46. The molecule has 0 aromatic rings. The van der Waals surface area contributed by atoms with E-state index in [-0.39, 0.29) is 96.6 Å². The van der Waals surface area contributed by atoms with E-state index in [0.29, 0.717) is 12.8 Å². The number of unbranched alkanes of at least 4 members (excludes halogenated alkanes) is 9. The topological polar surface area (TPSA) is 474 Å². The van der Waals surface area contributed by atoms with Crippen LogP contribution < -0.4 is 87.2 Å². The van der Waals surface area contributed by atoms with Crippen LogP contribution in [0.25, 0.3) is 0 Å². The number of aliphatic hydroxyl groups is 2. The highest BCUT2D eigenvalue weighted by atomic mass is 16.3. The molecule has 1 heterocycles. The van der Waals surface area contributed by atoms with Crippen LogP contribution in [0.5, 0.6) is 0 Å². The lowest BCUT2D eigenvalue weighted by atomic mass is 10.0. The van der Waals surface area contributed by atoms with E-state index in [4.69, 9.17) is 28.7 Å². The predicted molar refractivity (Wildman–Crippen MR) is 319 cm³/mol. The number of hydrogen-bond acceptors (Lipinski definition) is 18. The summed E-state index contributed by atoms with van der Waals surface area (Å²) in [4.78, 5) is 140. The fraction of sp³-hybridized carbons (Fsp3) is 0.821. The van der Waals surface area contributed by atoms with E-state index in [1.807, 2.05) is 13.8 Å². The highest BCUT2D eigenvalue weighted by Gasteiger charge is 2.37. The minimum Gasteiger partial charge on any atom is -0.391 e. The standard InChI is InChI=1S/C56H108N16O12/c1-7-9-11-13-15-16-18-39-49(77)70-44(32-34(3)4)54(82)64-37(20-26-57)33-63-38(21-27-58)48(76)71-46(35(5)73)55(83)62-31-25-43(52(80)67-41(23-29-60)50(78)66-39)68-51(79)42(24-30-61)69-56(84)47(36(6)74)72-53(81)40(22-28-59)65-45(75)19-17-14-12-10-8-2/h34-44,46-47,63,73-74H,7-33,57-61H2,1-6H3,(H,62,83)(H,64,82)(H,65,75)(H,66,78)(H,67,80)(H,68,79)(H,69,84)(H,70,77)(H,71,76)(H,72,81). The predicted octanol–water partition coefficient (Wildman–Crippen LogP) is -3.51. The van der Waals surface area contributed by atoms with Crippen molar-refractivity contribution in [3.8, 4) is 0 Å². The van der Waals surface area contributed by atoms with Gasteiger partial charge in [0.2, 0.25) is 59.1 Å². The molecule has 12 atom stereocenters. The van der Waals surface area contributed by atoms with Crippen molar-refractivity contribution in [1.29, 1.82) is 0 Å². The molecule has 0 bridgehead atoms. The third-order valence-corrected chi connectivity index (χ3v) is 14.3. The molecule has 28 heteroatoms. The van der Waals surface area contributed by atoms with E-state index in [0.717, 1.165) is 57.8 Å². The van der Waals surface area contributed by atoms with E-state index < -0.39 is 145 Å². The number of nitrogens with one attached hydrogen (secondary N) is 11. The number of rotatable bonds is 34. The molecule has 84 heavy (non-hydrogen) atoms. The zero-order valence-electron chi connectivity index (χ0n) is 51.0. The first kappa shape index (κ1) is 76.4. The van der Waals surface area contributed by atoms with Crippen LogP contribution in [0, 0.1) is 5.92 Å². The average Bonchev–Trinajstić information content (AvgIpc) is 3.65. The largest absolute Gasteiger partial charge is 0.391 e. The van der Waals surface area contributed by atoms with Crippen molar-refractivity contribution in [2.45, 2.75) is 243 Å². The van der Waals surface area contributed by atoms with Crippen molar-refractivity contribution in [1.82, 2.24) is 58.5 Å². The Bertz CT molecular complexity index is 2000. The van der Waals surface area contributed by atoms with Crippen LogP contribution in [-0.2, 0) is 47.9 Å². The normalized spacial score (nSPS) is 22.8. The van der Waals surface area contributed by atoms with Gasteiger partial charge in [-0.05, 0) is 110 Å². The van der Waals surface area contributed by atoms with Gasteiger partial charge in [0.25, 0.3) is 0 Å². The van der Waals surface area contributed by atoms with E-state index in [1.54, 1.807) is 0 Å².